The number of aromatic nitrogens is 3. The van der Waals surface area contributed by atoms with Gasteiger partial charge in [0.15, 0.2) is 0 Å². The van der Waals surface area contributed by atoms with Crippen molar-refractivity contribution in [3.05, 3.63) is 29.8 Å². The molecule has 4 aliphatic rings. The summed E-state index contributed by atoms with van der Waals surface area (Å²) in [7, 11) is 0. The van der Waals surface area contributed by atoms with Crippen LogP contribution in [0.3, 0.4) is 0 Å². The van der Waals surface area contributed by atoms with E-state index in [0.29, 0.717) is 41.0 Å². The summed E-state index contributed by atoms with van der Waals surface area (Å²) < 4.78 is 47.4. The van der Waals surface area contributed by atoms with Gasteiger partial charge in [0.25, 0.3) is 0 Å². The van der Waals surface area contributed by atoms with E-state index in [4.69, 9.17) is 15.5 Å². The lowest BCUT2D eigenvalue weighted by atomic mass is 10.1. The molecule has 30 heavy (non-hydrogen) atoms. The van der Waals surface area contributed by atoms with E-state index in [2.05, 4.69) is 14.5 Å². The first-order chi connectivity index (χ1) is 14.4. The van der Waals surface area contributed by atoms with Crippen LogP contribution in [0, 0.1) is 17.8 Å². The molecule has 0 aromatic carbocycles. The number of nitrogens with two attached hydrogens (primary N) is 1. The third-order valence-electron chi connectivity index (χ3n) is 7.14. The average Bonchev–Trinajstić information content (AvgIpc) is 3.48. The number of rotatable bonds is 5. The second-order valence-corrected chi connectivity index (χ2v) is 9.23. The van der Waals surface area contributed by atoms with Crippen LogP contribution in [0.4, 0.5) is 19.0 Å². The van der Waals surface area contributed by atoms with Crippen LogP contribution in [0.25, 0.3) is 11.3 Å². The van der Waals surface area contributed by atoms with Crippen molar-refractivity contribution in [1.82, 2.24) is 19.4 Å². The SMILES string of the molecule is Nc1ncc(-c2cn(CC3CC3)c(C3[C@H]4CN(C5COC5)C[C@@H]34)n2)cc1C(F)(F)F. The molecule has 0 bridgehead atoms. The Bertz CT molecular complexity index is 970. The average molecular weight is 419 g/mol. The van der Waals surface area contributed by atoms with Crippen molar-refractivity contribution >= 4 is 5.82 Å². The van der Waals surface area contributed by atoms with Crippen LogP contribution >= 0.6 is 0 Å². The normalized spacial score (nSPS) is 29.1. The highest BCUT2D eigenvalue weighted by Gasteiger charge is 2.59. The number of likely N-dealkylation sites (tertiary alicyclic amines) is 1. The van der Waals surface area contributed by atoms with Gasteiger partial charge in [-0.2, -0.15) is 13.2 Å². The third kappa shape index (κ3) is 3.10. The lowest BCUT2D eigenvalue weighted by molar-refractivity contribution is -0.137. The number of pyridine rings is 1. The first-order valence-corrected chi connectivity index (χ1v) is 10.6. The van der Waals surface area contributed by atoms with Crippen LogP contribution in [0.5, 0.6) is 0 Å². The van der Waals surface area contributed by atoms with Crippen molar-refractivity contribution in [2.24, 2.45) is 17.8 Å². The highest BCUT2D eigenvalue weighted by Crippen LogP contribution is 2.58. The van der Waals surface area contributed by atoms with Gasteiger partial charge in [-0.3, -0.25) is 4.90 Å². The first-order valence-electron chi connectivity index (χ1n) is 10.6. The molecule has 2 saturated heterocycles. The molecule has 4 fully saturated rings. The van der Waals surface area contributed by atoms with Gasteiger partial charge in [0.2, 0.25) is 0 Å². The summed E-state index contributed by atoms with van der Waals surface area (Å²) >= 11 is 0. The van der Waals surface area contributed by atoms with Crippen molar-refractivity contribution in [2.45, 2.75) is 37.5 Å². The number of nitrogen functional groups attached to an aromatic ring is 1. The summed E-state index contributed by atoms with van der Waals surface area (Å²) in [6.45, 7) is 4.69. The molecule has 0 radical (unpaired) electrons. The number of halogens is 3. The van der Waals surface area contributed by atoms with Gasteiger partial charge in [-0.05, 0) is 36.7 Å². The Morgan fingerprint density at radius 2 is 1.90 bits per heavy atom. The van der Waals surface area contributed by atoms with Crippen LogP contribution in [-0.2, 0) is 17.5 Å². The largest absolute Gasteiger partial charge is 0.419 e. The molecule has 2 aliphatic heterocycles. The first kappa shape index (κ1) is 18.6. The highest BCUT2D eigenvalue weighted by atomic mass is 19.4. The quantitative estimate of drug-likeness (QED) is 0.807. The minimum absolute atomic E-state index is 0.367. The number of alkyl halides is 3. The minimum Gasteiger partial charge on any atom is -0.383 e. The van der Waals surface area contributed by atoms with Crippen LogP contribution in [-0.4, -0.2) is 51.8 Å². The molecular formula is C21H24F3N5O. The maximum atomic E-state index is 13.3. The van der Waals surface area contributed by atoms with E-state index in [-0.39, 0.29) is 0 Å². The molecule has 2 aliphatic carbocycles. The van der Waals surface area contributed by atoms with Gasteiger partial charge >= 0.3 is 6.18 Å². The monoisotopic (exact) mass is 419 g/mol. The van der Waals surface area contributed by atoms with Crippen molar-refractivity contribution in [2.75, 3.05) is 32.0 Å². The summed E-state index contributed by atoms with van der Waals surface area (Å²) in [5, 5.41) is 0. The molecule has 0 spiro atoms. The molecular weight excluding hydrogens is 395 g/mol. The molecule has 1 unspecified atom stereocenters. The highest BCUT2D eigenvalue weighted by molar-refractivity contribution is 5.62. The third-order valence-corrected chi connectivity index (χ3v) is 7.14. The fraction of sp³-hybridized carbons (Fsp3) is 0.619. The molecule has 2 saturated carbocycles. The second-order valence-electron chi connectivity index (χ2n) is 9.23. The summed E-state index contributed by atoms with van der Waals surface area (Å²) in [4.78, 5) is 11.1. The number of ether oxygens (including phenoxy) is 1. The van der Waals surface area contributed by atoms with Gasteiger partial charge < -0.3 is 15.0 Å². The lowest BCUT2D eigenvalue weighted by Gasteiger charge is -2.35. The maximum absolute atomic E-state index is 13.3. The fourth-order valence-corrected chi connectivity index (χ4v) is 5.08. The zero-order chi connectivity index (χ0) is 20.6. The van der Waals surface area contributed by atoms with Gasteiger partial charge in [0.05, 0.1) is 30.5 Å². The van der Waals surface area contributed by atoms with Gasteiger partial charge in [-0.25, -0.2) is 9.97 Å². The van der Waals surface area contributed by atoms with Crippen LogP contribution in [0.1, 0.15) is 30.1 Å². The smallest absolute Gasteiger partial charge is 0.383 e. The van der Waals surface area contributed by atoms with E-state index in [1.54, 1.807) is 0 Å². The van der Waals surface area contributed by atoms with E-state index >= 15 is 0 Å². The topological polar surface area (TPSA) is 69.2 Å². The number of piperidine rings is 1. The number of hydrogen-bond donors (Lipinski definition) is 1. The Labute approximate surface area is 172 Å². The molecule has 0 amide bonds. The molecule has 2 aromatic heterocycles. The maximum Gasteiger partial charge on any atom is 0.419 e. The van der Waals surface area contributed by atoms with Crippen molar-refractivity contribution in [3.63, 3.8) is 0 Å². The summed E-state index contributed by atoms with van der Waals surface area (Å²) in [6, 6.07) is 1.63. The van der Waals surface area contributed by atoms with E-state index in [9.17, 15) is 13.2 Å². The molecule has 4 heterocycles. The van der Waals surface area contributed by atoms with Gasteiger partial charge in [-0.15, -0.1) is 0 Å². The van der Waals surface area contributed by atoms with E-state index < -0.39 is 17.6 Å². The van der Waals surface area contributed by atoms with Crippen LogP contribution in [0.2, 0.25) is 0 Å². The van der Waals surface area contributed by atoms with Crippen molar-refractivity contribution < 1.29 is 17.9 Å². The number of anilines is 1. The Morgan fingerprint density at radius 1 is 1.17 bits per heavy atom. The molecule has 9 heteroatoms. The molecule has 6 nitrogen and oxygen atoms in total. The van der Waals surface area contributed by atoms with Crippen LogP contribution < -0.4 is 5.73 Å². The van der Waals surface area contributed by atoms with Gasteiger partial charge in [-0.1, -0.05) is 0 Å². The Kier molecular flexibility index (Phi) is 3.99. The summed E-state index contributed by atoms with van der Waals surface area (Å²) in [5.41, 5.74) is 5.48. The minimum atomic E-state index is -4.53. The molecule has 6 rings (SSSR count). The van der Waals surface area contributed by atoms with Crippen molar-refractivity contribution in [3.8, 4) is 11.3 Å². The zero-order valence-electron chi connectivity index (χ0n) is 16.5. The zero-order valence-corrected chi connectivity index (χ0v) is 16.5. The standard InChI is InChI=1S/C21H24F3N5O/c22-21(23,24)16-3-12(4-26-19(16)25)17-8-29(5-11-1-2-11)20(27-17)18-14-6-28(7-15(14)18)13-9-30-10-13/h3-4,8,11,13-15,18H,1-2,5-7,9-10H2,(H2,25,26)/t14-,15+,18?. The number of fused-ring (bicyclic) bond motifs is 1. The predicted molar refractivity (Wildman–Crippen MR) is 103 cm³/mol. The molecule has 3 atom stereocenters. The lowest BCUT2D eigenvalue weighted by Crippen LogP contribution is -2.48. The van der Waals surface area contributed by atoms with E-state index in [0.717, 1.165) is 44.7 Å². The number of imidazole rings is 1. The number of nitrogens with zero attached hydrogens (tertiary/aromatic N) is 4. The summed E-state index contributed by atoms with van der Waals surface area (Å²) in [6.07, 6.45) is 1.19. The summed E-state index contributed by atoms with van der Waals surface area (Å²) in [5.74, 6) is 2.77. The van der Waals surface area contributed by atoms with E-state index in [1.165, 1.54) is 19.0 Å². The Hall–Kier alpha value is -2.13. The second kappa shape index (κ2) is 6.43. The Balaban J connectivity index is 1.29. The fourth-order valence-electron chi connectivity index (χ4n) is 5.08. The Morgan fingerprint density at radius 3 is 2.50 bits per heavy atom. The van der Waals surface area contributed by atoms with E-state index in [1.807, 2.05) is 6.20 Å². The molecule has 2 aromatic rings. The van der Waals surface area contributed by atoms with Crippen LogP contribution in [0.15, 0.2) is 18.5 Å². The van der Waals surface area contributed by atoms with Crippen molar-refractivity contribution in [1.29, 1.82) is 0 Å². The number of hydrogen-bond acceptors (Lipinski definition) is 5. The predicted octanol–water partition coefficient (Wildman–Crippen LogP) is 3.00. The molecule has 160 valence electrons. The van der Waals surface area contributed by atoms with Gasteiger partial charge in [0.1, 0.15) is 11.6 Å². The molecule has 2 N–H and O–H groups in total. The van der Waals surface area contributed by atoms with Gasteiger partial charge in [0, 0.05) is 43.5 Å².